The fourth-order valence-electron chi connectivity index (χ4n) is 3.36. The van der Waals surface area contributed by atoms with Crippen LogP contribution in [0.3, 0.4) is 0 Å². The zero-order valence-corrected chi connectivity index (χ0v) is 16.5. The van der Waals surface area contributed by atoms with E-state index in [0.29, 0.717) is 23.6 Å². The zero-order valence-electron chi connectivity index (χ0n) is 16.5. The molecule has 1 amide bonds. The van der Waals surface area contributed by atoms with Gasteiger partial charge in [-0.1, -0.05) is 24.3 Å². The molecule has 0 atom stereocenters. The Morgan fingerprint density at radius 1 is 1.00 bits per heavy atom. The number of ether oxygens (including phenoxy) is 2. The summed E-state index contributed by atoms with van der Waals surface area (Å²) in [6, 6.07) is 12.8. The van der Waals surface area contributed by atoms with Crippen molar-refractivity contribution in [3.63, 3.8) is 0 Å². The van der Waals surface area contributed by atoms with E-state index in [2.05, 4.69) is 5.32 Å². The summed E-state index contributed by atoms with van der Waals surface area (Å²) in [5.41, 5.74) is 3.67. The summed E-state index contributed by atoms with van der Waals surface area (Å²) in [4.78, 5) is 36.3. The minimum Gasteiger partial charge on any atom is -0.492 e. The largest absolute Gasteiger partial charge is 0.492 e. The smallest absolute Gasteiger partial charge is 0.306 e. The van der Waals surface area contributed by atoms with Gasteiger partial charge in [0.25, 0.3) is 5.91 Å². The van der Waals surface area contributed by atoms with Gasteiger partial charge in [0.2, 0.25) is 0 Å². The van der Waals surface area contributed by atoms with Crippen LogP contribution in [0.5, 0.6) is 5.75 Å². The Bertz CT molecular complexity index is 906. The van der Waals surface area contributed by atoms with E-state index >= 15 is 0 Å². The van der Waals surface area contributed by atoms with Gasteiger partial charge in [-0.15, -0.1) is 0 Å². The quantitative estimate of drug-likeness (QED) is 0.517. The molecule has 0 fully saturated rings. The zero-order chi connectivity index (χ0) is 20.6. The van der Waals surface area contributed by atoms with Crippen LogP contribution in [0.4, 0.5) is 5.69 Å². The number of anilines is 1. The highest BCUT2D eigenvalue weighted by atomic mass is 16.5. The number of amides is 1. The number of ketones is 1. The van der Waals surface area contributed by atoms with Crippen LogP contribution >= 0.6 is 0 Å². The molecule has 1 N–H and O–H groups in total. The molecule has 1 aliphatic carbocycles. The maximum atomic E-state index is 12.3. The molecule has 0 radical (unpaired) electrons. The first kappa shape index (κ1) is 20.6. The SMILES string of the molecule is CCOc1ccccc1NC(=O)COC(=O)CCC(=O)c1ccc2c(c1)CCC2. The summed E-state index contributed by atoms with van der Waals surface area (Å²) >= 11 is 0. The number of rotatable bonds is 9. The Morgan fingerprint density at radius 2 is 1.79 bits per heavy atom. The van der Waals surface area contributed by atoms with Crippen LogP contribution in [-0.4, -0.2) is 30.9 Å². The van der Waals surface area contributed by atoms with Crippen LogP contribution in [-0.2, 0) is 27.2 Å². The first-order valence-electron chi connectivity index (χ1n) is 9.89. The van der Waals surface area contributed by atoms with Crippen LogP contribution in [0.15, 0.2) is 42.5 Å². The second-order valence-corrected chi connectivity index (χ2v) is 6.90. The molecule has 0 spiro atoms. The third kappa shape index (κ3) is 5.67. The lowest BCUT2D eigenvalue weighted by atomic mass is 10.0. The van der Waals surface area contributed by atoms with Gasteiger partial charge in [0.1, 0.15) is 5.75 Å². The van der Waals surface area contributed by atoms with Gasteiger partial charge in [0, 0.05) is 12.0 Å². The van der Waals surface area contributed by atoms with Gasteiger partial charge in [0.15, 0.2) is 12.4 Å². The second-order valence-electron chi connectivity index (χ2n) is 6.90. The van der Waals surface area contributed by atoms with Gasteiger partial charge in [-0.3, -0.25) is 14.4 Å². The third-order valence-corrected chi connectivity index (χ3v) is 4.80. The number of carbonyl (C=O) groups is 3. The Kier molecular flexibility index (Phi) is 7.00. The minimum atomic E-state index is -0.576. The lowest BCUT2D eigenvalue weighted by Gasteiger charge is -2.11. The minimum absolute atomic E-state index is 0.0568. The molecule has 0 bridgehead atoms. The average Bonchev–Trinajstić information content (AvgIpc) is 3.20. The number of benzene rings is 2. The van der Waals surface area contributed by atoms with Crippen molar-refractivity contribution >= 4 is 23.3 Å². The summed E-state index contributed by atoms with van der Waals surface area (Å²) in [6.07, 6.45) is 3.19. The van der Waals surface area contributed by atoms with Crippen LogP contribution in [0, 0.1) is 0 Å². The summed E-state index contributed by atoms with van der Waals surface area (Å²) in [6.45, 7) is 1.91. The molecule has 0 unspecified atom stereocenters. The number of para-hydroxylation sites is 2. The number of hydrogen-bond acceptors (Lipinski definition) is 5. The van der Waals surface area contributed by atoms with E-state index in [-0.39, 0.29) is 18.6 Å². The molecule has 0 aliphatic heterocycles. The highest BCUT2D eigenvalue weighted by Gasteiger charge is 2.16. The topological polar surface area (TPSA) is 81.7 Å². The van der Waals surface area contributed by atoms with Gasteiger partial charge < -0.3 is 14.8 Å². The fourth-order valence-corrected chi connectivity index (χ4v) is 3.36. The van der Waals surface area contributed by atoms with E-state index in [1.165, 1.54) is 11.1 Å². The monoisotopic (exact) mass is 395 g/mol. The van der Waals surface area contributed by atoms with E-state index in [1.54, 1.807) is 24.3 Å². The van der Waals surface area contributed by atoms with E-state index < -0.39 is 18.5 Å². The van der Waals surface area contributed by atoms with E-state index in [1.807, 2.05) is 25.1 Å². The van der Waals surface area contributed by atoms with Gasteiger partial charge in [-0.25, -0.2) is 0 Å². The molecule has 29 heavy (non-hydrogen) atoms. The average molecular weight is 395 g/mol. The van der Waals surface area contributed by atoms with Crippen molar-refractivity contribution in [2.45, 2.75) is 39.0 Å². The Hall–Kier alpha value is -3.15. The van der Waals surface area contributed by atoms with Crippen molar-refractivity contribution in [2.24, 2.45) is 0 Å². The molecule has 0 heterocycles. The fraction of sp³-hybridized carbons (Fsp3) is 0.348. The molecular weight excluding hydrogens is 370 g/mol. The van der Waals surface area contributed by atoms with Crippen molar-refractivity contribution in [2.75, 3.05) is 18.5 Å². The first-order chi connectivity index (χ1) is 14.1. The van der Waals surface area contributed by atoms with Crippen molar-refractivity contribution < 1.29 is 23.9 Å². The predicted molar refractivity (Wildman–Crippen MR) is 109 cm³/mol. The number of carbonyl (C=O) groups excluding carboxylic acids is 3. The number of esters is 1. The number of fused-ring (bicyclic) bond motifs is 1. The van der Waals surface area contributed by atoms with Crippen LogP contribution in [0.25, 0.3) is 0 Å². The maximum absolute atomic E-state index is 12.3. The van der Waals surface area contributed by atoms with Crippen LogP contribution in [0.2, 0.25) is 0 Å². The number of hydrogen-bond donors (Lipinski definition) is 1. The molecule has 0 saturated carbocycles. The molecule has 2 aromatic carbocycles. The highest BCUT2D eigenvalue weighted by Crippen LogP contribution is 2.24. The Balaban J connectivity index is 1.43. The molecule has 2 aromatic rings. The third-order valence-electron chi connectivity index (χ3n) is 4.80. The van der Waals surface area contributed by atoms with E-state index in [4.69, 9.17) is 9.47 Å². The van der Waals surface area contributed by atoms with Crippen molar-refractivity contribution in [3.8, 4) is 5.75 Å². The molecular formula is C23H25NO5. The molecule has 1 aliphatic rings. The first-order valence-corrected chi connectivity index (χ1v) is 9.89. The Labute approximate surface area is 170 Å². The second kappa shape index (κ2) is 9.87. The molecule has 152 valence electrons. The van der Waals surface area contributed by atoms with Crippen molar-refractivity contribution in [3.05, 3.63) is 59.2 Å². The standard InChI is InChI=1S/C23H25NO5/c1-2-28-21-9-4-3-8-19(21)24-22(26)15-29-23(27)13-12-20(25)18-11-10-16-6-5-7-17(16)14-18/h3-4,8-11,14H,2,5-7,12-13,15H2,1H3,(H,24,26). The van der Waals surface area contributed by atoms with Gasteiger partial charge in [0.05, 0.1) is 18.7 Å². The van der Waals surface area contributed by atoms with E-state index in [0.717, 1.165) is 19.3 Å². The molecule has 6 heteroatoms. The van der Waals surface area contributed by atoms with E-state index in [9.17, 15) is 14.4 Å². The number of nitrogens with one attached hydrogen (secondary N) is 1. The number of Topliss-reactive ketones (excluding diaryl/α,β-unsaturated/α-hetero) is 1. The van der Waals surface area contributed by atoms with Crippen molar-refractivity contribution in [1.82, 2.24) is 0 Å². The molecule has 6 nitrogen and oxygen atoms in total. The summed E-state index contributed by atoms with van der Waals surface area (Å²) in [7, 11) is 0. The normalized spacial score (nSPS) is 12.2. The Morgan fingerprint density at radius 3 is 2.62 bits per heavy atom. The summed E-state index contributed by atoms with van der Waals surface area (Å²) in [5, 5.41) is 2.66. The maximum Gasteiger partial charge on any atom is 0.306 e. The lowest BCUT2D eigenvalue weighted by Crippen LogP contribution is -2.21. The van der Waals surface area contributed by atoms with Gasteiger partial charge >= 0.3 is 5.97 Å². The summed E-state index contributed by atoms with van der Waals surface area (Å²) in [5.74, 6) is -0.579. The molecule has 3 rings (SSSR count). The lowest BCUT2D eigenvalue weighted by molar-refractivity contribution is -0.147. The molecule has 0 saturated heterocycles. The summed E-state index contributed by atoms with van der Waals surface area (Å²) < 4.78 is 10.4. The van der Waals surface area contributed by atoms with Crippen molar-refractivity contribution in [1.29, 1.82) is 0 Å². The van der Waals surface area contributed by atoms with Gasteiger partial charge in [-0.05, 0) is 55.5 Å². The van der Waals surface area contributed by atoms with Gasteiger partial charge in [-0.2, -0.15) is 0 Å². The highest BCUT2D eigenvalue weighted by molar-refractivity contribution is 5.98. The van der Waals surface area contributed by atoms with Crippen LogP contribution < -0.4 is 10.1 Å². The van der Waals surface area contributed by atoms with Crippen LogP contribution in [0.1, 0.15) is 47.7 Å². The molecule has 0 aromatic heterocycles. The predicted octanol–water partition coefficient (Wildman–Crippen LogP) is 3.72. The number of aryl methyl sites for hydroxylation is 2.